The zero-order chi connectivity index (χ0) is 23.1. The largest absolute Gasteiger partial charge is 0.457 e. The van der Waals surface area contributed by atoms with Crippen LogP contribution in [0.3, 0.4) is 0 Å². The molecule has 0 spiro atoms. The molecule has 5 nitrogen and oxygen atoms in total. The first-order valence-corrected chi connectivity index (χ1v) is 11.1. The van der Waals surface area contributed by atoms with Gasteiger partial charge in [0, 0.05) is 28.0 Å². The highest BCUT2D eigenvalue weighted by atomic mass is 16.5. The number of esters is 1. The Labute approximate surface area is 194 Å². The Morgan fingerprint density at radius 3 is 2.47 bits per heavy atom. The van der Waals surface area contributed by atoms with Crippen LogP contribution in [0.1, 0.15) is 15.9 Å². The molecule has 2 aromatic heterocycles. The van der Waals surface area contributed by atoms with Gasteiger partial charge in [-0.15, -0.1) is 0 Å². The monoisotopic (exact) mass is 444 g/mol. The molecule has 0 saturated carbocycles. The maximum absolute atomic E-state index is 13.2. The van der Waals surface area contributed by atoms with E-state index in [1.54, 1.807) is 6.20 Å². The number of carbonyl (C=O) groups is 1. The standard InChI is InChI=1S/C29H20N2O3/c32-28-22-14-13-21(17-20(22)15-16-30-28)31-25-11-5-4-9-23(25)27-24(10-6-12-26(27)31)29(33)34-18-19-7-2-1-3-8-19/h1-17H,18H2,(H,30,32). The molecule has 0 aliphatic carbocycles. The normalized spacial score (nSPS) is 11.3. The highest BCUT2D eigenvalue weighted by Crippen LogP contribution is 2.35. The average molecular weight is 444 g/mol. The van der Waals surface area contributed by atoms with Gasteiger partial charge >= 0.3 is 5.97 Å². The minimum Gasteiger partial charge on any atom is -0.457 e. The number of hydrogen-bond donors (Lipinski definition) is 1. The molecule has 0 radical (unpaired) electrons. The van der Waals surface area contributed by atoms with Gasteiger partial charge in [0.1, 0.15) is 6.61 Å². The number of pyridine rings is 1. The molecular formula is C29H20N2O3. The van der Waals surface area contributed by atoms with E-state index in [0.717, 1.165) is 38.4 Å². The van der Waals surface area contributed by atoms with E-state index in [1.807, 2.05) is 97.1 Å². The van der Waals surface area contributed by atoms with Crippen molar-refractivity contribution in [1.29, 1.82) is 0 Å². The summed E-state index contributed by atoms with van der Waals surface area (Å²) < 4.78 is 7.79. The number of aromatic nitrogens is 2. The van der Waals surface area contributed by atoms with Crippen molar-refractivity contribution in [2.24, 2.45) is 0 Å². The number of ether oxygens (including phenoxy) is 1. The Hall–Kier alpha value is -4.64. The molecule has 0 amide bonds. The first-order valence-electron chi connectivity index (χ1n) is 11.1. The van der Waals surface area contributed by atoms with Crippen molar-refractivity contribution in [3.8, 4) is 5.69 Å². The zero-order valence-corrected chi connectivity index (χ0v) is 18.2. The first-order chi connectivity index (χ1) is 16.7. The van der Waals surface area contributed by atoms with Crippen molar-refractivity contribution in [2.45, 2.75) is 6.61 Å². The summed E-state index contributed by atoms with van der Waals surface area (Å²) >= 11 is 0. The van der Waals surface area contributed by atoms with Crippen molar-refractivity contribution in [3.63, 3.8) is 0 Å². The lowest BCUT2D eigenvalue weighted by atomic mass is 10.1. The summed E-state index contributed by atoms with van der Waals surface area (Å²) in [5.41, 5.74) is 4.15. The van der Waals surface area contributed by atoms with Crippen molar-refractivity contribution in [3.05, 3.63) is 125 Å². The van der Waals surface area contributed by atoms with Gasteiger partial charge in [0.25, 0.3) is 5.56 Å². The maximum atomic E-state index is 13.2. The lowest BCUT2D eigenvalue weighted by Crippen LogP contribution is -2.06. The second-order valence-electron chi connectivity index (χ2n) is 8.19. The fourth-order valence-electron chi connectivity index (χ4n) is 4.59. The molecule has 0 saturated heterocycles. The maximum Gasteiger partial charge on any atom is 0.339 e. The van der Waals surface area contributed by atoms with Crippen LogP contribution in [0, 0.1) is 0 Å². The van der Waals surface area contributed by atoms with Gasteiger partial charge in [-0.2, -0.15) is 0 Å². The molecule has 4 aromatic carbocycles. The average Bonchev–Trinajstić information content (AvgIpc) is 3.22. The second-order valence-corrected chi connectivity index (χ2v) is 8.19. The van der Waals surface area contributed by atoms with Gasteiger partial charge in [0.05, 0.1) is 16.6 Å². The minimum atomic E-state index is -0.359. The van der Waals surface area contributed by atoms with E-state index in [-0.39, 0.29) is 18.1 Å². The Bertz CT molecular complexity index is 1750. The van der Waals surface area contributed by atoms with Crippen LogP contribution >= 0.6 is 0 Å². The van der Waals surface area contributed by atoms with Crippen molar-refractivity contribution >= 4 is 38.5 Å². The quantitative estimate of drug-likeness (QED) is 0.340. The lowest BCUT2D eigenvalue weighted by molar-refractivity contribution is 0.0475. The van der Waals surface area contributed by atoms with Crippen LogP contribution in [0.2, 0.25) is 0 Å². The van der Waals surface area contributed by atoms with Gasteiger partial charge in [0.15, 0.2) is 0 Å². The van der Waals surface area contributed by atoms with Crippen molar-refractivity contribution in [1.82, 2.24) is 9.55 Å². The van der Waals surface area contributed by atoms with Gasteiger partial charge < -0.3 is 14.3 Å². The number of benzene rings is 4. The molecule has 6 rings (SSSR count). The number of carbonyl (C=O) groups excluding carboxylic acids is 1. The van der Waals surface area contributed by atoms with E-state index in [2.05, 4.69) is 9.55 Å². The summed E-state index contributed by atoms with van der Waals surface area (Å²) in [7, 11) is 0. The number of rotatable bonds is 4. The Kier molecular flexibility index (Phi) is 4.73. The molecule has 0 fully saturated rings. The molecule has 1 N–H and O–H groups in total. The van der Waals surface area contributed by atoms with Crippen LogP contribution in [-0.4, -0.2) is 15.5 Å². The molecule has 5 heteroatoms. The van der Waals surface area contributed by atoms with Gasteiger partial charge in [-0.3, -0.25) is 4.79 Å². The number of nitrogens with one attached hydrogen (secondary N) is 1. The SMILES string of the molecule is O=C(OCc1ccccc1)c1cccc2c1c1ccccc1n2-c1ccc2c(=O)[nH]ccc2c1. The Morgan fingerprint density at radius 2 is 1.59 bits per heavy atom. The molecule has 0 unspecified atom stereocenters. The molecule has 0 aliphatic heterocycles. The topological polar surface area (TPSA) is 64.1 Å². The van der Waals surface area contributed by atoms with E-state index < -0.39 is 0 Å². The minimum absolute atomic E-state index is 0.116. The molecule has 34 heavy (non-hydrogen) atoms. The fraction of sp³-hybridized carbons (Fsp3) is 0.0345. The lowest BCUT2D eigenvalue weighted by Gasteiger charge is -2.10. The number of fused-ring (bicyclic) bond motifs is 4. The van der Waals surface area contributed by atoms with Crippen molar-refractivity contribution in [2.75, 3.05) is 0 Å². The molecule has 0 atom stereocenters. The van der Waals surface area contributed by atoms with E-state index in [1.165, 1.54) is 0 Å². The molecule has 2 heterocycles. The predicted molar refractivity (Wildman–Crippen MR) is 134 cm³/mol. The predicted octanol–water partition coefficient (Wildman–Crippen LogP) is 5.98. The van der Waals surface area contributed by atoms with E-state index in [0.29, 0.717) is 10.9 Å². The third-order valence-electron chi connectivity index (χ3n) is 6.15. The molecule has 164 valence electrons. The van der Waals surface area contributed by atoms with Gasteiger partial charge in [0.2, 0.25) is 0 Å². The molecular weight excluding hydrogens is 424 g/mol. The van der Waals surface area contributed by atoms with Crippen LogP contribution < -0.4 is 5.56 Å². The highest BCUT2D eigenvalue weighted by Gasteiger charge is 2.19. The highest BCUT2D eigenvalue weighted by molar-refractivity contribution is 6.17. The van der Waals surface area contributed by atoms with Crippen LogP contribution in [0.25, 0.3) is 38.3 Å². The van der Waals surface area contributed by atoms with Crippen molar-refractivity contribution < 1.29 is 9.53 Å². The van der Waals surface area contributed by atoms with E-state index >= 15 is 0 Å². The summed E-state index contributed by atoms with van der Waals surface area (Å²) in [6.45, 7) is 0.216. The van der Waals surface area contributed by atoms with Crippen LogP contribution in [-0.2, 0) is 11.3 Å². The van der Waals surface area contributed by atoms with E-state index in [4.69, 9.17) is 4.74 Å². The second kappa shape index (κ2) is 8.05. The third-order valence-corrected chi connectivity index (χ3v) is 6.15. The summed E-state index contributed by atoms with van der Waals surface area (Å²) in [4.78, 5) is 28.1. The van der Waals surface area contributed by atoms with E-state index in [9.17, 15) is 9.59 Å². The summed E-state index contributed by atoms with van der Waals surface area (Å²) in [6.07, 6.45) is 1.65. The molecule has 0 bridgehead atoms. The first kappa shape index (κ1) is 20.0. The zero-order valence-electron chi connectivity index (χ0n) is 18.2. The van der Waals surface area contributed by atoms with Gasteiger partial charge in [-0.1, -0.05) is 54.6 Å². The fourth-order valence-corrected chi connectivity index (χ4v) is 4.59. The summed E-state index contributed by atoms with van der Waals surface area (Å²) in [5.74, 6) is -0.359. The third kappa shape index (κ3) is 3.26. The Balaban J connectivity index is 1.53. The van der Waals surface area contributed by atoms with Crippen LogP contribution in [0.4, 0.5) is 0 Å². The van der Waals surface area contributed by atoms with Gasteiger partial charge in [-0.05, 0) is 53.4 Å². The number of H-pyrrole nitrogens is 1. The summed E-state index contributed by atoms with van der Waals surface area (Å²) in [6, 6.07) is 31.0. The van der Waals surface area contributed by atoms with Crippen LogP contribution in [0.5, 0.6) is 0 Å². The van der Waals surface area contributed by atoms with Crippen LogP contribution in [0.15, 0.2) is 108 Å². The van der Waals surface area contributed by atoms with Gasteiger partial charge in [-0.25, -0.2) is 4.79 Å². The number of hydrogen-bond acceptors (Lipinski definition) is 3. The molecule has 6 aromatic rings. The number of para-hydroxylation sites is 1. The number of nitrogens with zero attached hydrogens (tertiary/aromatic N) is 1. The number of aromatic amines is 1. The molecule has 0 aliphatic rings. The Morgan fingerprint density at radius 1 is 0.794 bits per heavy atom. The summed E-state index contributed by atoms with van der Waals surface area (Å²) in [5, 5.41) is 3.31. The smallest absolute Gasteiger partial charge is 0.339 e.